The summed E-state index contributed by atoms with van der Waals surface area (Å²) in [4.78, 5) is 4.25. The first kappa shape index (κ1) is 7.91. The van der Waals surface area contributed by atoms with Gasteiger partial charge in [0.15, 0.2) is 0 Å². The van der Waals surface area contributed by atoms with Crippen molar-refractivity contribution in [3.05, 3.63) is 29.9 Å². The summed E-state index contributed by atoms with van der Waals surface area (Å²) >= 11 is 0. The van der Waals surface area contributed by atoms with Crippen molar-refractivity contribution >= 4 is 0 Å². The van der Waals surface area contributed by atoms with Gasteiger partial charge in [0.25, 0.3) is 0 Å². The third kappa shape index (κ3) is 1.42. The van der Waals surface area contributed by atoms with Gasteiger partial charge >= 0.3 is 0 Å². The van der Waals surface area contributed by atoms with Crippen LogP contribution in [0.3, 0.4) is 0 Å². The van der Waals surface area contributed by atoms with Crippen molar-refractivity contribution in [2.75, 3.05) is 0 Å². The van der Waals surface area contributed by atoms with Gasteiger partial charge in [0.2, 0.25) is 5.89 Å². The quantitative estimate of drug-likeness (QED) is 0.662. The molecule has 0 bridgehead atoms. The molecule has 4 nitrogen and oxygen atoms in total. The molecule has 0 aliphatic rings. The minimum Gasteiger partial charge on any atom is -0.441 e. The van der Waals surface area contributed by atoms with Gasteiger partial charge in [0.05, 0.1) is 23.7 Å². The first-order chi connectivity index (χ1) is 6.27. The first-order valence-corrected chi connectivity index (χ1v) is 3.98. The highest BCUT2D eigenvalue weighted by molar-refractivity contribution is 5.50. The van der Waals surface area contributed by atoms with Crippen LogP contribution in [0.4, 0.5) is 0 Å². The zero-order valence-electron chi connectivity index (χ0n) is 7.48. The molecular formula is C9H9N3O. The summed E-state index contributed by atoms with van der Waals surface area (Å²) < 4.78 is 5.42. The number of nitrogens with zero attached hydrogens (tertiary/aromatic N) is 3. The van der Waals surface area contributed by atoms with Gasteiger partial charge in [-0.05, 0) is 19.9 Å². The number of hydrogen-bond donors (Lipinski definition) is 0. The molecule has 0 aliphatic carbocycles. The number of aryl methyl sites for hydroxylation is 2. The SMILES string of the molecule is Cc1nc(-c2ccnnc2)oc1C. The number of rotatable bonds is 1. The fourth-order valence-corrected chi connectivity index (χ4v) is 1.01. The zero-order chi connectivity index (χ0) is 9.26. The van der Waals surface area contributed by atoms with Crippen molar-refractivity contribution in [1.29, 1.82) is 0 Å². The van der Waals surface area contributed by atoms with Crippen LogP contribution >= 0.6 is 0 Å². The van der Waals surface area contributed by atoms with Crippen LogP contribution in [0, 0.1) is 13.8 Å². The molecule has 2 aromatic rings. The highest BCUT2D eigenvalue weighted by atomic mass is 16.4. The van der Waals surface area contributed by atoms with Crippen molar-refractivity contribution < 1.29 is 4.42 Å². The minimum absolute atomic E-state index is 0.602. The van der Waals surface area contributed by atoms with Gasteiger partial charge in [-0.25, -0.2) is 4.98 Å². The molecule has 2 rings (SSSR count). The molecular weight excluding hydrogens is 166 g/mol. The van der Waals surface area contributed by atoms with Crippen LogP contribution in [0.25, 0.3) is 11.5 Å². The molecule has 4 heteroatoms. The van der Waals surface area contributed by atoms with E-state index in [4.69, 9.17) is 4.42 Å². The predicted octanol–water partition coefficient (Wildman–Crippen LogP) is 1.75. The molecule has 2 heterocycles. The molecule has 0 aromatic carbocycles. The minimum atomic E-state index is 0.602. The van der Waals surface area contributed by atoms with Crippen LogP contribution in [0.5, 0.6) is 0 Å². The second-order valence-electron chi connectivity index (χ2n) is 2.79. The van der Waals surface area contributed by atoms with Gasteiger partial charge in [-0.15, -0.1) is 0 Å². The van der Waals surface area contributed by atoms with Crippen molar-refractivity contribution in [2.24, 2.45) is 0 Å². The van der Waals surface area contributed by atoms with Crippen LogP contribution in [-0.4, -0.2) is 15.2 Å². The molecule has 0 saturated carbocycles. The number of aromatic nitrogens is 3. The Kier molecular flexibility index (Phi) is 1.81. The van der Waals surface area contributed by atoms with E-state index in [-0.39, 0.29) is 0 Å². The molecule has 0 spiro atoms. The topological polar surface area (TPSA) is 51.8 Å². The van der Waals surface area contributed by atoms with Crippen LogP contribution < -0.4 is 0 Å². The first-order valence-electron chi connectivity index (χ1n) is 3.98. The van der Waals surface area contributed by atoms with E-state index in [1.807, 2.05) is 19.9 Å². The Morgan fingerprint density at radius 2 is 2.08 bits per heavy atom. The predicted molar refractivity (Wildman–Crippen MR) is 47.0 cm³/mol. The molecule has 2 aromatic heterocycles. The molecule has 0 radical (unpaired) electrons. The highest BCUT2D eigenvalue weighted by Gasteiger charge is 2.07. The Morgan fingerprint density at radius 3 is 2.62 bits per heavy atom. The van der Waals surface area contributed by atoms with Gasteiger partial charge in [-0.2, -0.15) is 10.2 Å². The van der Waals surface area contributed by atoms with Gasteiger partial charge in [-0.1, -0.05) is 0 Å². The average Bonchev–Trinajstić information content (AvgIpc) is 2.49. The van der Waals surface area contributed by atoms with Crippen molar-refractivity contribution in [1.82, 2.24) is 15.2 Å². The zero-order valence-corrected chi connectivity index (χ0v) is 7.48. The van der Waals surface area contributed by atoms with Gasteiger partial charge in [0.1, 0.15) is 5.76 Å². The maximum Gasteiger partial charge on any atom is 0.228 e. The molecule has 0 amide bonds. The molecule has 0 saturated heterocycles. The molecule has 13 heavy (non-hydrogen) atoms. The fraction of sp³-hybridized carbons (Fsp3) is 0.222. The van der Waals surface area contributed by atoms with Gasteiger partial charge < -0.3 is 4.42 Å². The van der Waals surface area contributed by atoms with Gasteiger partial charge in [-0.3, -0.25) is 0 Å². The van der Waals surface area contributed by atoms with E-state index in [9.17, 15) is 0 Å². The van der Waals surface area contributed by atoms with E-state index in [0.29, 0.717) is 5.89 Å². The molecule has 0 fully saturated rings. The lowest BCUT2D eigenvalue weighted by atomic mass is 10.3. The van der Waals surface area contributed by atoms with Crippen molar-refractivity contribution in [3.63, 3.8) is 0 Å². The molecule has 0 unspecified atom stereocenters. The van der Waals surface area contributed by atoms with Crippen LogP contribution in [0.1, 0.15) is 11.5 Å². The second-order valence-corrected chi connectivity index (χ2v) is 2.79. The molecule has 0 N–H and O–H groups in total. The Balaban J connectivity index is 2.48. The van der Waals surface area contributed by atoms with Crippen LogP contribution in [0.15, 0.2) is 22.9 Å². The summed E-state index contributed by atoms with van der Waals surface area (Å²) in [6.07, 6.45) is 3.24. The Bertz CT molecular complexity index is 389. The normalized spacial score (nSPS) is 10.3. The molecule has 0 aliphatic heterocycles. The summed E-state index contributed by atoms with van der Waals surface area (Å²) in [6, 6.07) is 1.82. The number of hydrogen-bond acceptors (Lipinski definition) is 4. The average molecular weight is 175 g/mol. The molecule has 66 valence electrons. The smallest absolute Gasteiger partial charge is 0.228 e. The van der Waals surface area contributed by atoms with Crippen LogP contribution in [-0.2, 0) is 0 Å². The lowest BCUT2D eigenvalue weighted by Crippen LogP contribution is -1.81. The maximum absolute atomic E-state index is 5.42. The standard InChI is InChI=1S/C9H9N3O/c1-6-7(2)13-9(12-6)8-3-4-10-11-5-8/h3-5H,1-2H3. The van der Waals surface area contributed by atoms with E-state index < -0.39 is 0 Å². The van der Waals surface area contributed by atoms with E-state index in [1.54, 1.807) is 12.4 Å². The summed E-state index contributed by atoms with van der Waals surface area (Å²) in [5.41, 5.74) is 1.76. The van der Waals surface area contributed by atoms with Gasteiger partial charge in [0, 0.05) is 0 Å². The second kappa shape index (κ2) is 2.97. The summed E-state index contributed by atoms with van der Waals surface area (Å²) in [5, 5.41) is 7.43. The van der Waals surface area contributed by atoms with E-state index in [2.05, 4.69) is 15.2 Å². The van der Waals surface area contributed by atoms with Crippen molar-refractivity contribution in [2.45, 2.75) is 13.8 Å². The largest absolute Gasteiger partial charge is 0.441 e. The van der Waals surface area contributed by atoms with E-state index in [0.717, 1.165) is 17.0 Å². The lowest BCUT2D eigenvalue weighted by Gasteiger charge is -1.90. The van der Waals surface area contributed by atoms with Crippen molar-refractivity contribution in [3.8, 4) is 11.5 Å². The summed E-state index contributed by atoms with van der Waals surface area (Å²) in [5.74, 6) is 1.44. The Labute approximate surface area is 75.6 Å². The van der Waals surface area contributed by atoms with Crippen LogP contribution in [0.2, 0.25) is 0 Å². The third-order valence-corrected chi connectivity index (χ3v) is 1.86. The van der Waals surface area contributed by atoms with E-state index >= 15 is 0 Å². The van der Waals surface area contributed by atoms with E-state index in [1.165, 1.54) is 0 Å². The Hall–Kier alpha value is -1.71. The summed E-state index contributed by atoms with van der Waals surface area (Å²) in [7, 11) is 0. The summed E-state index contributed by atoms with van der Waals surface area (Å²) in [6.45, 7) is 3.80. The highest BCUT2D eigenvalue weighted by Crippen LogP contribution is 2.19. The Morgan fingerprint density at radius 1 is 1.23 bits per heavy atom. The third-order valence-electron chi connectivity index (χ3n) is 1.86. The number of oxazole rings is 1. The maximum atomic E-state index is 5.42. The fourth-order valence-electron chi connectivity index (χ4n) is 1.01. The lowest BCUT2D eigenvalue weighted by molar-refractivity contribution is 0.540. The monoisotopic (exact) mass is 175 g/mol. The molecule has 0 atom stereocenters.